The van der Waals surface area contributed by atoms with Crippen LogP contribution < -0.4 is 5.32 Å². The summed E-state index contributed by atoms with van der Waals surface area (Å²) < 4.78 is 14.6. The Bertz CT molecular complexity index is 481. The molecule has 1 heterocycles. The van der Waals surface area contributed by atoms with Gasteiger partial charge < -0.3 is 5.32 Å². The van der Waals surface area contributed by atoms with E-state index in [1.165, 1.54) is 12.1 Å². The van der Waals surface area contributed by atoms with Crippen molar-refractivity contribution in [1.82, 2.24) is 20.3 Å². The van der Waals surface area contributed by atoms with E-state index < -0.39 is 0 Å². The van der Waals surface area contributed by atoms with Gasteiger partial charge in [-0.1, -0.05) is 11.3 Å². The van der Waals surface area contributed by atoms with Crippen LogP contribution in [0.4, 0.5) is 4.39 Å². The number of hydrogen-bond donors (Lipinski definition) is 1. The van der Waals surface area contributed by atoms with Crippen LogP contribution in [-0.2, 0) is 6.42 Å². The summed E-state index contributed by atoms with van der Waals surface area (Å²) in [4.78, 5) is 0. The van der Waals surface area contributed by atoms with Crippen LogP contribution >= 0.6 is 0 Å². The molecule has 0 fully saturated rings. The molecule has 0 saturated heterocycles. The van der Waals surface area contributed by atoms with Crippen molar-refractivity contribution in [2.75, 3.05) is 13.6 Å². The molecule has 0 aliphatic rings. The molecule has 5 heteroatoms. The minimum atomic E-state index is -0.269. The molecule has 0 saturated carbocycles. The zero-order valence-electron chi connectivity index (χ0n) is 9.73. The molecule has 0 radical (unpaired) electrons. The second-order valence-corrected chi connectivity index (χ2v) is 3.84. The molecule has 0 aliphatic carbocycles. The fourth-order valence-electron chi connectivity index (χ4n) is 1.60. The Balaban J connectivity index is 2.07. The van der Waals surface area contributed by atoms with E-state index >= 15 is 0 Å². The summed E-state index contributed by atoms with van der Waals surface area (Å²) in [6.07, 6.45) is 3.72. The Morgan fingerprint density at radius 1 is 1.41 bits per heavy atom. The van der Waals surface area contributed by atoms with Gasteiger partial charge in [-0.05, 0) is 44.6 Å². The van der Waals surface area contributed by atoms with Gasteiger partial charge in [0.25, 0.3) is 0 Å². The molecule has 0 atom stereocenters. The maximum absolute atomic E-state index is 13.0. The van der Waals surface area contributed by atoms with Gasteiger partial charge in [0, 0.05) is 0 Å². The summed E-state index contributed by atoms with van der Waals surface area (Å²) in [6.45, 7) is 0.951. The fourth-order valence-corrected chi connectivity index (χ4v) is 1.60. The maximum Gasteiger partial charge on any atom is 0.125 e. The van der Waals surface area contributed by atoms with E-state index in [9.17, 15) is 4.39 Å². The van der Waals surface area contributed by atoms with Gasteiger partial charge in [-0.3, -0.25) is 0 Å². The average Bonchev–Trinajstić information content (AvgIpc) is 2.78. The zero-order chi connectivity index (χ0) is 12.1. The minimum absolute atomic E-state index is 0.269. The molecular formula is C12H15FN4. The molecule has 90 valence electrons. The molecule has 0 amide bonds. The molecule has 0 unspecified atom stereocenters. The SMILES string of the molecule is CNCCCc1cn(-c2cccc(F)c2)nn1. The van der Waals surface area contributed by atoms with Gasteiger partial charge in [0.05, 0.1) is 17.6 Å². The summed E-state index contributed by atoms with van der Waals surface area (Å²) in [6, 6.07) is 6.31. The Morgan fingerprint density at radius 3 is 3.06 bits per heavy atom. The van der Waals surface area contributed by atoms with Crippen LogP contribution in [0, 0.1) is 5.82 Å². The van der Waals surface area contributed by atoms with Gasteiger partial charge in [0.15, 0.2) is 0 Å². The van der Waals surface area contributed by atoms with Crippen LogP contribution in [0.3, 0.4) is 0 Å². The van der Waals surface area contributed by atoms with Crippen molar-refractivity contribution in [3.8, 4) is 5.69 Å². The van der Waals surface area contributed by atoms with E-state index in [0.29, 0.717) is 5.69 Å². The molecule has 0 spiro atoms. The highest BCUT2D eigenvalue weighted by Gasteiger charge is 2.03. The monoisotopic (exact) mass is 234 g/mol. The lowest BCUT2D eigenvalue weighted by molar-refractivity contribution is 0.624. The van der Waals surface area contributed by atoms with Crippen LogP contribution in [-0.4, -0.2) is 28.6 Å². The molecule has 2 rings (SSSR count). The minimum Gasteiger partial charge on any atom is -0.320 e. The third kappa shape index (κ3) is 3.10. The van der Waals surface area contributed by atoms with Crippen molar-refractivity contribution in [2.45, 2.75) is 12.8 Å². The number of nitrogens with one attached hydrogen (secondary N) is 1. The second kappa shape index (κ2) is 5.54. The van der Waals surface area contributed by atoms with E-state index in [-0.39, 0.29) is 5.82 Å². The third-order valence-electron chi connectivity index (χ3n) is 2.47. The van der Waals surface area contributed by atoms with Gasteiger partial charge in [-0.15, -0.1) is 5.10 Å². The van der Waals surface area contributed by atoms with Crippen molar-refractivity contribution < 1.29 is 4.39 Å². The topological polar surface area (TPSA) is 42.7 Å². The molecule has 17 heavy (non-hydrogen) atoms. The molecule has 1 aromatic heterocycles. The largest absolute Gasteiger partial charge is 0.320 e. The van der Waals surface area contributed by atoms with Crippen molar-refractivity contribution in [2.24, 2.45) is 0 Å². The van der Waals surface area contributed by atoms with Gasteiger partial charge in [0.1, 0.15) is 5.82 Å². The van der Waals surface area contributed by atoms with Crippen molar-refractivity contribution in [3.05, 3.63) is 42.0 Å². The number of aromatic nitrogens is 3. The first-order valence-electron chi connectivity index (χ1n) is 5.61. The number of nitrogens with zero attached hydrogens (tertiary/aromatic N) is 3. The molecule has 0 aliphatic heterocycles. The number of hydrogen-bond acceptors (Lipinski definition) is 3. The smallest absolute Gasteiger partial charge is 0.125 e. The molecule has 1 N–H and O–H groups in total. The van der Waals surface area contributed by atoms with Crippen LogP contribution in [0.1, 0.15) is 12.1 Å². The maximum atomic E-state index is 13.0. The summed E-state index contributed by atoms with van der Waals surface area (Å²) in [5.41, 5.74) is 1.61. The quantitative estimate of drug-likeness (QED) is 0.798. The van der Waals surface area contributed by atoms with E-state index in [1.54, 1.807) is 16.8 Å². The number of rotatable bonds is 5. The second-order valence-electron chi connectivity index (χ2n) is 3.84. The van der Waals surface area contributed by atoms with Crippen molar-refractivity contribution in [3.63, 3.8) is 0 Å². The predicted molar refractivity (Wildman–Crippen MR) is 63.6 cm³/mol. The standard InChI is InChI=1S/C12H15FN4/c1-14-7-3-5-11-9-17(16-15-11)12-6-2-4-10(13)8-12/h2,4,6,8-9,14H,3,5,7H2,1H3. The van der Waals surface area contributed by atoms with Crippen LogP contribution in [0.15, 0.2) is 30.5 Å². The van der Waals surface area contributed by atoms with Gasteiger partial charge in [-0.2, -0.15) is 0 Å². The highest BCUT2D eigenvalue weighted by atomic mass is 19.1. The number of benzene rings is 1. The predicted octanol–water partition coefficient (Wildman–Crippen LogP) is 1.56. The van der Waals surface area contributed by atoms with E-state index in [1.807, 2.05) is 13.2 Å². The summed E-state index contributed by atoms with van der Waals surface area (Å²) >= 11 is 0. The van der Waals surface area contributed by atoms with Gasteiger partial charge >= 0.3 is 0 Å². The number of aryl methyl sites for hydroxylation is 1. The molecule has 1 aromatic carbocycles. The van der Waals surface area contributed by atoms with Crippen molar-refractivity contribution in [1.29, 1.82) is 0 Å². The lowest BCUT2D eigenvalue weighted by Crippen LogP contribution is -2.08. The van der Waals surface area contributed by atoms with E-state index in [4.69, 9.17) is 0 Å². The lowest BCUT2D eigenvalue weighted by atomic mass is 10.2. The van der Waals surface area contributed by atoms with E-state index in [0.717, 1.165) is 25.1 Å². The summed E-state index contributed by atoms with van der Waals surface area (Å²) in [5.74, 6) is -0.269. The van der Waals surface area contributed by atoms with Crippen molar-refractivity contribution >= 4 is 0 Å². The van der Waals surface area contributed by atoms with Crippen LogP contribution in [0.25, 0.3) is 5.69 Å². The molecule has 4 nitrogen and oxygen atoms in total. The first kappa shape index (κ1) is 11.7. The Labute approximate surface area is 99.5 Å². The normalized spacial score (nSPS) is 10.7. The highest BCUT2D eigenvalue weighted by Crippen LogP contribution is 2.09. The first-order chi connectivity index (χ1) is 8.29. The average molecular weight is 234 g/mol. The number of halogens is 1. The van der Waals surface area contributed by atoms with Crippen LogP contribution in [0.2, 0.25) is 0 Å². The summed E-state index contributed by atoms with van der Waals surface area (Å²) in [7, 11) is 1.92. The van der Waals surface area contributed by atoms with Gasteiger partial charge in [0.2, 0.25) is 0 Å². The molecule has 2 aromatic rings. The first-order valence-corrected chi connectivity index (χ1v) is 5.61. The Morgan fingerprint density at radius 2 is 2.29 bits per heavy atom. The fraction of sp³-hybridized carbons (Fsp3) is 0.333. The lowest BCUT2D eigenvalue weighted by Gasteiger charge is -1.98. The zero-order valence-corrected chi connectivity index (χ0v) is 9.73. The summed E-state index contributed by atoms with van der Waals surface area (Å²) in [5, 5.41) is 11.1. The van der Waals surface area contributed by atoms with Gasteiger partial charge in [-0.25, -0.2) is 9.07 Å². The third-order valence-corrected chi connectivity index (χ3v) is 2.47. The molecule has 0 bridgehead atoms. The Hall–Kier alpha value is -1.75. The molecular weight excluding hydrogens is 219 g/mol. The Kier molecular flexibility index (Phi) is 3.82. The van der Waals surface area contributed by atoms with Crippen LogP contribution in [0.5, 0.6) is 0 Å². The highest BCUT2D eigenvalue weighted by molar-refractivity contribution is 5.30. The van der Waals surface area contributed by atoms with E-state index in [2.05, 4.69) is 15.6 Å².